The lowest BCUT2D eigenvalue weighted by Crippen LogP contribution is -2.41. The van der Waals surface area contributed by atoms with Gasteiger partial charge < -0.3 is 10.2 Å². The first-order valence-corrected chi connectivity index (χ1v) is 7.17. The summed E-state index contributed by atoms with van der Waals surface area (Å²) in [4.78, 5) is 22.1. The maximum Gasteiger partial charge on any atom is 0.416 e. The lowest BCUT2D eigenvalue weighted by molar-refractivity contribution is 0.122. The molecule has 0 aromatic heterocycles. The predicted molar refractivity (Wildman–Crippen MR) is 96.0 cm³/mol. The zero-order chi connectivity index (χ0) is 16.0. The lowest BCUT2D eigenvalue weighted by Gasteiger charge is -2.31. The van der Waals surface area contributed by atoms with Gasteiger partial charge in [-0.1, -0.05) is 6.42 Å². The molecule has 2 atom stereocenters. The van der Waals surface area contributed by atoms with Crippen molar-refractivity contribution >= 4 is 83.5 Å². The molecule has 0 aromatic rings. The van der Waals surface area contributed by atoms with Gasteiger partial charge >= 0.3 is 12.2 Å². The minimum Gasteiger partial charge on any atom is -0.465 e. The van der Waals surface area contributed by atoms with Gasteiger partial charge in [-0.15, -0.1) is 10.7 Å². The highest BCUT2D eigenvalue weighted by atomic mass is 16.4. The third-order valence-electron chi connectivity index (χ3n) is 3.77. The number of amides is 2. The number of fused-ring (bicyclic) bond motifs is 2. The smallest absolute Gasteiger partial charge is 0.416 e. The van der Waals surface area contributed by atoms with Crippen LogP contribution in [0.1, 0.15) is 12.8 Å². The van der Waals surface area contributed by atoms with Gasteiger partial charge in [0.25, 0.3) is 0 Å². The molecule has 22 heavy (non-hydrogen) atoms. The van der Waals surface area contributed by atoms with Gasteiger partial charge in [0.15, 0.2) is 0 Å². The molecule has 10 radical (unpaired) electrons. The van der Waals surface area contributed by atoms with Crippen molar-refractivity contribution in [2.45, 2.75) is 23.6 Å². The fourth-order valence-electron chi connectivity index (χ4n) is 2.68. The van der Waals surface area contributed by atoms with Gasteiger partial charge in [-0.05, 0) is 6.42 Å². The third kappa shape index (κ3) is 4.95. The van der Waals surface area contributed by atoms with Crippen LogP contribution in [-0.2, 0) is 0 Å². The van der Waals surface area contributed by atoms with Crippen LogP contribution in [0.4, 0.5) is 9.59 Å². The summed E-state index contributed by atoms with van der Waals surface area (Å²) in [7, 11) is 20.4. The standard InChI is InChI=1S/C7H9B10NO4/c19-5(20)18(6(21)22)3-1-2-7-8-4(9-11-7)10-13-15-17-16-14-12-7/h4H,1-3H2,(H,19,20)(H,21,22). The maximum atomic E-state index is 10.9. The molecule has 2 aliphatic heterocycles. The number of carbonyl (C=O) groups is 2. The average Bonchev–Trinajstić information content (AvgIpc) is 2.84. The average molecular weight is 279 g/mol. The molecule has 2 N–H and O–H groups in total. The van der Waals surface area contributed by atoms with Gasteiger partial charge in [-0.3, -0.25) is 0 Å². The minimum absolute atomic E-state index is 0.0218. The van der Waals surface area contributed by atoms with Crippen LogP contribution >= 0.6 is 0 Å². The second-order valence-electron chi connectivity index (χ2n) is 5.36. The van der Waals surface area contributed by atoms with E-state index in [1.165, 1.54) is 0 Å². The summed E-state index contributed by atoms with van der Waals surface area (Å²) in [5.41, 5.74) is 0.238. The molecule has 2 saturated heterocycles. The van der Waals surface area contributed by atoms with E-state index in [0.29, 0.717) is 17.7 Å². The summed E-state index contributed by atoms with van der Waals surface area (Å²) in [5, 5.41) is 17.4. The summed E-state index contributed by atoms with van der Waals surface area (Å²) in [6.07, 6.45) is -1.73. The van der Waals surface area contributed by atoms with Crippen LogP contribution in [0.2, 0.25) is 10.7 Å². The van der Waals surface area contributed by atoms with Crippen LogP contribution in [0.15, 0.2) is 0 Å². The Hall–Kier alpha value is -0.611. The van der Waals surface area contributed by atoms with Gasteiger partial charge in [0.1, 0.15) is 0 Å². The summed E-state index contributed by atoms with van der Waals surface area (Å²) in [6, 6.07) is 0. The molecule has 2 bridgehead atoms. The van der Waals surface area contributed by atoms with Gasteiger partial charge in [0.2, 0.25) is 0 Å². The Kier molecular flexibility index (Phi) is 6.69. The fourth-order valence-corrected chi connectivity index (χ4v) is 2.68. The highest BCUT2D eigenvalue weighted by molar-refractivity contribution is 7.64. The molecule has 0 aliphatic carbocycles. The largest absolute Gasteiger partial charge is 0.465 e. The second kappa shape index (κ2) is 8.30. The molecule has 0 saturated carbocycles. The van der Waals surface area contributed by atoms with Crippen LogP contribution < -0.4 is 0 Å². The fraction of sp³-hybridized carbons (Fsp3) is 0.714. The van der Waals surface area contributed by atoms with Crippen LogP contribution in [-0.4, -0.2) is 105 Å². The van der Waals surface area contributed by atoms with E-state index in [9.17, 15) is 9.59 Å². The molecule has 0 aromatic carbocycles. The Balaban J connectivity index is 1.88. The van der Waals surface area contributed by atoms with E-state index in [0.717, 1.165) is 0 Å². The molecular weight excluding hydrogens is 270 g/mol. The predicted octanol–water partition coefficient (Wildman–Crippen LogP) is -2.32. The SMILES string of the molecule is O=C(O)N(CCCC12[B][B][B][B][B][B][B]C([B][B]1)[B]2)C(=O)O. The molecule has 2 unspecified atom stereocenters. The summed E-state index contributed by atoms with van der Waals surface area (Å²) in [6.45, 7) is -0.0218. The zero-order valence-corrected chi connectivity index (χ0v) is 12.1. The van der Waals surface area contributed by atoms with E-state index in [-0.39, 0.29) is 17.3 Å². The molecule has 0 spiro atoms. The van der Waals surface area contributed by atoms with Crippen molar-refractivity contribution in [1.82, 2.24) is 4.90 Å². The minimum atomic E-state index is -1.43. The molecule has 96 valence electrons. The van der Waals surface area contributed by atoms with E-state index in [1.54, 1.807) is 0 Å². The highest BCUT2D eigenvalue weighted by Crippen LogP contribution is 2.36. The van der Waals surface area contributed by atoms with Crippen molar-refractivity contribution in [2.75, 3.05) is 6.54 Å². The summed E-state index contributed by atoms with van der Waals surface area (Å²) >= 11 is 0. The Labute approximate surface area is 138 Å². The molecule has 15 heteroatoms. The number of hydrogen-bond donors (Lipinski definition) is 2. The number of rotatable bonds is 4. The van der Waals surface area contributed by atoms with E-state index in [1.807, 2.05) is 35.3 Å². The third-order valence-corrected chi connectivity index (χ3v) is 3.77. The topological polar surface area (TPSA) is 77.8 Å². The molecule has 2 heterocycles. The Morgan fingerprint density at radius 2 is 1.64 bits per heavy atom. The monoisotopic (exact) mass is 281 g/mol. The van der Waals surface area contributed by atoms with Crippen molar-refractivity contribution in [1.29, 1.82) is 0 Å². The summed E-state index contributed by atoms with van der Waals surface area (Å²) in [5.74, 6) is 0. The second-order valence-corrected chi connectivity index (χ2v) is 5.36. The highest BCUT2D eigenvalue weighted by Gasteiger charge is 2.39. The van der Waals surface area contributed by atoms with E-state index >= 15 is 0 Å². The maximum absolute atomic E-state index is 10.9. The van der Waals surface area contributed by atoms with Gasteiger partial charge in [0.05, 0.1) is 14.4 Å². The van der Waals surface area contributed by atoms with Crippen LogP contribution in [0.25, 0.3) is 0 Å². The normalized spacial score (nSPS) is 25.4. The molecule has 2 amide bonds. The van der Waals surface area contributed by atoms with E-state index in [2.05, 4.69) is 36.0 Å². The number of imide groups is 1. The molecular formula is C7H9B10NO4. The van der Waals surface area contributed by atoms with E-state index in [4.69, 9.17) is 10.2 Å². The zero-order valence-electron chi connectivity index (χ0n) is 12.1. The first kappa shape index (κ1) is 17.7. The molecule has 2 fully saturated rings. The number of hydrogen-bond acceptors (Lipinski definition) is 2. The lowest BCUT2D eigenvalue weighted by atomic mass is 8.89. The van der Waals surface area contributed by atoms with Gasteiger partial charge in [0, 0.05) is 63.4 Å². The van der Waals surface area contributed by atoms with Crippen LogP contribution in [0.3, 0.4) is 0 Å². The first-order chi connectivity index (χ1) is 10.5. The van der Waals surface area contributed by atoms with Crippen LogP contribution in [0, 0.1) is 0 Å². The summed E-state index contributed by atoms with van der Waals surface area (Å²) < 4.78 is 0. The van der Waals surface area contributed by atoms with Crippen molar-refractivity contribution in [3.63, 3.8) is 0 Å². The van der Waals surface area contributed by atoms with Crippen molar-refractivity contribution in [2.24, 2.45) is 0 Å². The number of nitrogens with zero attached hydrogens (tertiary/aromatic N) is 1. The van der Waals surface area contributed by atoms with Gasteiger partial charge in [-0.25, -0.2) is 14.5 Å². The Morgan fingerprint density at radius 1 is 0.955 bits per heavy atom. The first-order valence-electron chi connectivity index (χ1n) is 7.17. The van der Waals surface area contributed by atoms with Gasteiger partial charge in [-0.2, -0.15) is 0 Å². The Bertz CT molecular complexity index is 401. The molecule has 5 nitrogen and oxygen atoms in total. The number of carboxylic acid groups (broad SMARTS) is 2. The Morgan fingerprint density at radius 3 is 2.36 bits per heavy atom. The van der Waals surface area contributed by atoms with Crippen molar-refractivity contribution in [3.8, 4) is 0 Å². The molecule has 2 rings (SSSR count). The van der Waals surface area contributed by atoms with Crippen molar-refractivity contribution < 1.29 is 19.8 Å². The van der Waals surface area contributed by atoms with E-state index < -0.39 is 12.2 Å². The van der Waals surface area contributed by atoms with Crippen LogP contribution in [0.5, 0.6) is 0 Å². The molecule has 2 aliphatic rings. The van der Waals surface area contributed by atoms with Crippen molar-refractivity contribution in [3.05, 3.63) is 0 Å². The quantitative estimate of drug-likeness (QED) is 0.566.